The van der Waals surface area contributed by atoms with Gasteiger partial charge in [-0.05, 0) is 42.3 Å². The summed E-state index contributed by atoms with van der Waals surface area (Å²) in [6.45, 7) is 2.60. The van der Waals surface area contributed by atoms with Crippen molar-refractivity contribution in [1.82, 2.24) is 0 Å². The van der Waals surface area contributed by atoms with Crippen LogP contribution in [-0.2, 0) is 20.8 Å². The monoisotopic (exact) mass is 363 g/mol. The first-order valence-electron chi connectivity index (χ1n) is 9.10. The van der Waals surface area contributed by atoms with E-state index in [2.05, 4.69) is 5.32 Å². The molecule has 2 aromatic rings. The molecule has 1 fully saturated rings. The fourth-order valence-corrected chi connectivity index (χ4v) is 3.78. The summed E-state index contributed by atoms with van der Waals surface area (Å²) in [6.07, 6.45) is 0.984. The van der Waals surface area contributed by atoms with E-state index in [1.807, 2.05) is 48.5 Å². The maximum absolute atomic E-state index is 12.5. The van der Waals surface area contributed by atoms with Crippen molar-refractivity contribution in [3.63, 3.8) is 0 Å². The van der Waals surface area contributed by atoms with Gasteiger partial charge in [0, 0.05) is 43.5 Å². The number of hydrogen-bond acceptors (Lipinski definition) is 3. The lowest BCUT2D eigenvalue weighted by Gasteiger charge is -2.19. The van der Waals surface area contributed by atoms with Crippen molar-refractivity contribution in [2.75, 3.05) is 28.2 Å². The van der Waals surface area contributed by atoms with Gasteiger partial charge in [-0.15, -0.1) is 0 Å². The number of carbonyl (C=O) groups is 3. The molecular formula is C21H21N3O3. The minimum atomic E-state index is -0.375. The van der Waals surface area contributed by atoms with E-state index < -0.39 is 0 Å². The van der Waals surface area contributed by atoms with Gasteiger partial charge >= 0.3 is 0 Å². The summed E-state index contributed by atoms with van der Waals surface area (Å²) in [4.78, 5) is 40.1. The van der Waals surface area contributed by atoms with E-state index in [-0.39, 0.29) is 30.1 Å². The Morgan fingerprint density at radius 1 is 1.11 bits per heavy atom. The minimum absolute atomic E-state index is 0.0244. The van der Waals surface area contributed by atoms with E-state index in [0.717, 1.165) is 29.0 Å². The molecule has 2 aliphatic rings. The molecule has 0 aliphatic carbocycles. The smallest absolute Gasteiger partial charge is 0.229 e. The van der Waals surface area contributed by atoms with E-state index >= 15 is 0 Å². The van der Waals surface area contributed by atoms with Gasteiger partial charge in [-0.1, -0.05) is 18.2 Å². The van der Waals surface area contributed by atoms with Gasteiger partial charge in [-0.25, -0.2) is 0 Å². The number of carbonyl (C=O) groups excluding carboxylic acids is 3. The van der Waals surface area contributed by atoms with E-state index in [4.69, 9.17) is 0 Å². The van der Waals surface area contributed by atoms with Crippen LogP contribution < -0.4 is 15.1 Å². The molecule has 6 heteroatoms. The van der Waals surface area contributed by atoms with Crippen LogP contribution in [0.3, 0.4) is 0 Å². The van der Waals surface area contributed by atoms with Crippen molar-refractivity contribution in [3.8, 4) is 0 Å². The minimum Gasteiger partial charge on any atom is -0.326 e. The standard InChI is InChI=1S/C21H21N3O3/c1-14(25)23-10-9-15-11-18(7-8-19(15)23)24-13-16(12-20(24)26)21(27)22-17-5-3-2-4-6-17/h2-8,11,16H,9-10,12-13H2,1H3,(H,22,27)/t16-/m0/s1. The van der Waals surface area contributed by atoms with Crippen molar-refractivity contribution < 1.29 is 14.4 Å². The average Bonchev–Trinajstić information content (AvgIpc) is 3.25. The van der Waals surface area contributed by atoms with Gasteiger partial charge < -0.3 is 15.1 Å². The van der Waals surface area contributed by atoms with E-state index in [1.54, 1.807) is 16.7 Å². The summed E-state index contributed by atoms with van der Waals surface area (Å²) in [5, 5.41) is 2.87. The Labute approximate surface area is 157 Å². The highest BCUT2D eigenvalue weighted by Crippen LogP contribution is 2.34. The van der Waals surface area contributed by atoms with E-state index in [9.17, 15) is 14.4 Å². The van der Waals surface area contributed by atoms with Crippen LogP contribution in [0.2, 0.25) is 0 Å². The number of hydrogen-bond donors (Lipinski definition) is 1. The molecule has 0 unspecified atom stereocenters. The fourth-order valence-electron chi connectivity index (χ4n) is 3.78. The van der Waals surface area contributed by atoms with Crippen molar-refractivity contribution in [1.29, 1.82) is 0 Å². The molecule has 27 heavy (non-hydrogen) atoms. The predicted molar refractivity (Wildman–Crippen MR) is 104 cm³/mol. The number of nitrogens with zero attached hydrogens (tertiary/aromatic N) is 2. The van der Waals surface area contributed by atoms with Crippen LogP contribution in [0.15, 0.2) is 48.5 Å². The Morgan fingerprint density at radius 2 is 1.89 bits per heavy atom. The van der Waals surface area contributed by atoms with Crippen LogP contribution in [0.1, 0.15) is 18.9 Å². The topological polar surface area (TPSA) is 69.7 Å². The molecule has 0 aromatic heterocycles. The maximum Gasteiger partial charge on any atom is 0.229 e. The van der Waals surface area contributed by atoms with Crippen LogP contribution in [0.5, 0.6) is 0 Å². The summed E-state index contributed by atoms with van der Waals surface area (Å²) in [5.41, 5.74) is 3.50. The molecular weight excluding hydrogens is 342 g/mol. The highest BCUT2D eigenvalue weighted by Gasteiger charge is 2.35. The van der Waals surface area contributed by atoms with Crippen molar-refractivity contribution in [2.45, 2.75) is 19.8 Å². The number of para-hydroxylation sites is 1. The molecule has 1 N–H and O–H groups in total. The third kappa shape index (κ3) is 3.30. The first-order chi connectivity index (χ1) is 13.0. The van der Waals surface area contributed by atoms with Crippen LogP contribution in [-0.4, -0.2) is 30.8 Å². The zero-order chi connectivity index (χ0) is 19.0. The SMILES string of the molecule is CC(=O)N1CCc2cc(N3C[C@@H](C(=O)Nc4ccccc4)CC3=O)ccc21. The second-order valence-electron chi connectivity index (χ2n) is 6.99. The lowest BCUT2D eigenvalue weighted by Crippen LogP contribution is -2.28. The van der Waals surface area contributed by atoms with Gasteiger partial charge in [-0.2, -0.15) is 0 Å². The van der Waals surface area contributed by atoms with Crippen molar-refractivity contribution in [3.05, 3.63) is 54.1 Å². The van der Waals surface area contributed by atoms with Gasteiger partial charge in [0.1, 0.15) is 0 Å². The van der Waals surface area contributed by atoms with Gasteiger partial charge in [0.15, 0.2) is 0 Å². The normalized spacial score (nSPS) is 18.6. The van der Waals surface area contributed by atoms with Gasteiger partial charge in [0.2, 0.25) is 17.7 Å². The number of fused-ring (bicyclic) bond motifs is 1. The average molecular weight is 363 g/mol. The number of anilines is 3. The molecule has 0 radical (unpaired) electrons. The molecule has 0 spiro atoms. The first kappa shape index (κ1) is 17.3. The third-order valence-electron chi connectivity index (χ3n) is 5.19. The molecule has 2 aliphatic heterocycles. The van der Waals surface area contributed by atoms with Crippen LogP contribution in [0.4, 0.5) is 17.1 Å². The highest BCUT2D eigenvalue weighted by atomic mass is 16.2. The number of amides is 3. The summed E-state index contributed by atoms with van der Waals surface area (Å²) >= 11 is 0. The zero-order valence-electron chi connectivity index (χ0n) is 15.1. The summed E-state index contributed by atoms with van der Waals surface area (Å²) in [6, 6.07) is 15.0. The zero-order valence-corrected chi connectivity index (χ0v) is 15.1. The molecule has 4 rings (SSSR count). The second-order valence-corrected chi connectivity index (χ2v) is 6.99. The Bertz CT molecular complexity index is 910. The molecule has 0 bridgehead atoms. The predicted octanol–water partition coefficient (Wildman–Crippen LogP) is 2.59. The number of rotatable bonds is 3. The first-order valence-corrected chi connectivity index (χ1v) is 9.10. The molecule has 6 nitrogen and oxygen atoms in total. The van der Waals surface area contributed by atoms with Crippen molar-refractivity contribution in [2.24, 2.45) is 5.92 Å². The van der Waals surface area contributed by atoms with Gasteiger partial charge in [0.05, 0.1) is 5.92 Å². The maximum atomic E-state index is 12.5. The summed E-state index contributed by atoms with van der Waals surface area (Å²) in [7, 11) is 0. The third-order valence-corrected chi connectivity index (χ3v) is 5.19. The Kier molecular flexibility index (Phi) is 4.39. The Hall–Kier alpha value is -3.15. The molecule has 1 saturated heterocycles. The highest BCUT2D eigenvalue weighted by molar-refractivity contribution is 6.04. The second kappa shape index (κ2) is 6.87. The number of benzene rings is 2. The van der Waals surface area contributed by atoms with Crippen LogP contribution in [0, 0.1) is 5.92 Å². The lowest BCUT2D eigenvalue weighted by atomic mass is 10.1. The fraction of sp³-hybridized carbons (Fsp3) is 0.286. The Morgan fingerprint density at radius 3 is 2.63 bits per heavy atom. The molecule has 0 saturated carbocycles. The van der Waals surface area contributed by atoms with E-state index in [1.165, 1.54) is 0 Å². The molecule has 1 atom stereocenters. The summed E-state index contributed by atoms with van der Waals surface area (Å²) < 4.78 is 0. The molecule has 3 amide bonds. The lowest BCUT2D eigenvalue weighted by molar-refractivity contribution is -0.122. The largest absolute Gasteiger partial charge is 0.326 e. The molecule has 2 heterocycles. The molecule has 138 valence electrons. The summed E-state index contributed by atoms with van der Waals surface area (Å²) in [5.74, 6) is -0.540. The van der Waals surface area contributed by atoms with Crippen LogP contribution >= 0.6 is 0 Å². The van der Waals surface area contributed by atoms with Crippen molar-refractivity contribution >= 4 is 34.8 Å². The molecule has 2 aromatic carbocycles. The van der Waals surface area contributed by atoms with E-state index in [0.29, 0.717) is 13.1 Å². The van der Waals surface area contributed by atoms with Crippen LogP contribution in [0.25, 0.3) is 0 Å². The van der Waals surface area contributed by atoms with Gasteiger partial charge in [0.25, 0.3) is 0 Å². The quantitative estimate of drug-likeness (QED) is 0.911. The Balaban J connectivity index is 1.48. The van der Waals surface area contributed by atoms with Gasteiger partial charge in [-0.3, -0.25) is 14.4 Å². The number of nitrogens with one attached hydrogen (secondary N) is 1.